The van der Waals surface area contributed by atoms with E-state index in [9.17, 15) is 9.59 Å². The Hall–Kier alpha value is -2.38. The van der Waals surface area contributed by atoms with Crippen molar-refractivity contribution in [1.82, 2.24) is 15.1 Å². The molecule has 0 atom stereocenters. The summed E-state index contributed by atoms with van der Waals surface area (Å²) in [5, 5.41) is 9.93. The highest BCUT2D eigenvalue weighted by molar-refractivity contribution is 6.33. The van der Waals surface area contributed by atoms with Crippen LogP contribution in [0.3, 0.4) is 0 Å². The fourth-order valence-electron chi connectivity index (χ4n) is 2.18. The molecule has 0 aliphatic heterocycles. The lowest BCUT2D eigenvalue weighted by Gasteiger charge is -2.10. The SMILES string of the molecule is COCCNC(=O)c1ccc(Cl)c(NC(=O)CCCn2cccn2)c1. The normalized spacial score (nSPS) is 10.5. The van der Waals surface area contributed by atoms with Gasteiger partial charge >= 0.3 is 0 Å². The number of carbonyl (C=O) groups excluding carboxylic acids is 2. The second-order valence-electron chi connectivity index (χ2n) is 5.36. The second kappa shape index (κ2) is 9.80. The molecule has 0 unspecified atom stereocenters. The number of hydrogen-bond acceptors (Lipinski definition) is 4. The molecule has 1 aromatic heterocycles. The molecule has 8 heteroatoms. The van der Waals surface area contributed by atoms with E-state index in [1.807, 2.05) is 12.3 Å². The van der Waals surface area contributed by atoms with Crippen LogP contribution in [0.2, 0.25) is 5.02 Å². The van der Waals surface area contributed by atoms with Crippen molar-refractivity contribution in [1.29, 1.82) is 0 Å². The van der Waals surface area contributed by atoms with Crippen molar-refractivity contribution in [3.05, 3.63) is 47.2 Å². The summed E-state index contributed by atoms with van der Waals surface area (Å²) in [7, 11) is 1.56. The first-order valence-electron chi connectivity index (χ1n) is 7.94. The van der Waals surface area contributed by atoms with Crippen molar-refractivity contribution in [3.8, 4) is 0 Å². The molecule has 0 bridgehead atoms. The quantitative estimate of drug-likeness (QED) is 0.669. The van der Waals surface area contributed by atoms with E-state index in [0.29, 0.717) is 48.8 Å². The Kier molecular flexibility index (Phi) is 7.43. The molecule has 2 amide bonds. The van der Waals surface area contributed by atoms with Crippen LogP contribution in [-0.2, 0) is 16.1 Å². The molecule has 7 nitrogen and oxygen atoms in total. The molecule has 134 valence electrons. The van der Waals surface area contributed by atoms with E-state index in [0.717, 1.165) is 0 Å². The molecule has 2 rings (SSSR count). The Morgan fingerprint density at radius 1 is 1.36 bits per heavy atom. The lowest BCUT2D eigenvalue weighted by atomic mass is 10.1. The summed E-state index contributed by atoms with van der Waals surface area (Å²) in [6, 6.07) is 6.60. The number of carbonyl (C=O) groups is 2. The van der Waals surface area contributed by atoms with Gasteiger partial charge in [0.15, 0.2) is 0 Å². The van der Waals surface area contributed by atoms with Crippen molar-refractivity contribution in [2.45, 2.75) is 19.4 Å². The highest BCUT2D eigenvalue weighted by atomic mass is 35.5. The van der Waals surface area contributed by atoms with E-state index >= 15 is 0 Å². The van der Waals surface area contributed by atoms with E-state index < -0.39 is 0 Å². The molecule has 0 aliphatic rings. The maximum absolute atomic E-state index is 12.1. The highest BCUT2D eigenvalue weighted by Crippen LogP contribution is 2.23. The predicted octanol–water partition coefficient (Wildman–Crippen LogP) is 2.33. The van der Waals surface area contributed by atoms with Gasteiger partial charge in [0.25, 0.3) is 5.91 Å². The van der Waals surface area contributed by atoms with E-state index in [1.165, 1.54) is 0 Å². The minimum absolute atomic E-state index is 0.161. The van der Waals surface area contributed by atoms with Crippen LogP contribution in [0.15, 0.2) is 36.7 Å². The average molecular weight is 365 g/mol. The van der Waals surface area contributed by atoms with Gasteiger partial charge in [-0.25, -0.2) is 0 Å². The van der Waals surface area contributed by atoms with Gasteiger partial charge in [-0.05, 0) is 30.7 Å². The van der Waals surface area contributed by atoms with Gasteiger partial charge in [0, 0.05) is 44.6 Å². The predicted molar refractivity (Wildman–Crippen MR) is 95.8 cm³/mol. The van der Waals surface area contributed by atoms with Gasteiger partial charge in [0.2, 0.25) is 5.91 Å². The number of ether oxygens (including phenoxy) is 1. The van der Waals surface area contributed by atoms with E-state index in [-0.39, 0.29) is 11.8 Å². The monoisotopic (exact) mass is 364 g/mol. The molecular weight excluding hydrogens is 344 g/mol. The largest absolute Gasteiger partial charge is 0.383 e. The van der Waals surface area contributed by atoms with Crippen molar-refractivity contribution < 1.29 is 14.3 Å². The van der Waals surface area contributed by atoms with E-state index in [4.69, 9.17) is 16.3 Å². The third-order valence-electron chi connectivity index (χ3n) is 3.44. The van der Waals surface area contributed by atoms with E-state index in [1.54, 1.807) is 36.2 Å². The second-order valence-corrected chi connectivity index (χ2v) is 5.77. The number of benzene rings is 1. The average Bonchev–Trinajstić information content (AvgIpc) is 3.10. The summed E-state index contributed by atoms with van der Waals surface area (Å²) < 4.78 is 6.66. The van der Waals surface area contributed by atoms with Crippen LogP contribution in [0.4, 0.5) is 5.69 Å². The number of hydrogen-bond donors (Lipinski definition) is 2. The van der Waals surface area contributed by atoms with Crippen LogP contribution in [0.1, 0.15) is 23.2 Å². The lowest BCUT2D eigenvalue weighted by molar-refractivity contribution is -0.116. The number of nitrogens with one attached hydrogen (secondary N) is 2. The zero-order chi connectivity index (χ0) is 18.1. The summed E-state index contributed by atoms with van der Waals surface area (Å²) in [5.41, 5.74) is 0.845. The molecule has 0 fully saturated rings. The van der Waals surface area contributed by atoms with Gasteiger partial charge in [-0.2, -0.15) is 5.10 Å². The zero-order valence-corrected chi connectivity index (χ0v) is 14.8. The number of methoxy groups -OCH3 is 1. The van der Waals surface area contributed by atoms with Crippen LogP contribution in [0.25, 0.3) is 0 Å². The first-order valence-corrected chi connectivity index (χ1v) is 8.32. The number of rotatable bonds is 9. The molecule has 1 heterocycles. The fourth-order valence-corrected chi connectivity index (χ4v) is 2.34. The van der Waals surface area contributed by atoms with Gasteiger partial charge in [0.1, 0.15) is 0 Å². The van der Waals surface area contributed by atoms with Crippen LogP contribution in [0, 0.1) is 0 Å². The first kappa shape index (κ1) is 19.0. The van der Waals surface area contributed by atoms with Gasteiger partial charge in [0.05, 0.1) is 17.3 Å². The zero-order valence-electron chi connectivity index (χ0n) is 14.0. The maximum Gasteiger partial charge on any atom is 0.251 e. The highest BCUT2D eigenvalue weighted by Gasteiger charge is 2.11. The topological polar surface area (TPSA) is 85.3 Å². The Morgan fingerprint density at radius 3 is 2.92 bits per heavy atom. The van der Waals surface area contributed by atoms with Gasteiger partial charge in [-0.1, -0.05) is 11.6 Å². The van der Waals surface area contributed by atoms with Crippen molar-refractivity contribution in [3.63, 3.8) is 0 Å². The third-order valence-corrected chi connectivity index (χ3v) is 3.77. The van der Waals surface area contributed by atoms with Crippen LogP contribution >= 0.6 is 11.6 Å². The Labute approximate surface area is 151 Å². The lowest BCUT2D eigenvalue weighted by Crippen LogP contribution is -2.27. The molecule has 1 aromatic carbocycles. The molecule has 0 aliphatic carbocycles. The Balaban J connectivity index is 1.88. The summed E-state index contributed by atoms with van der Waals surface area (Å²) >= 11 is 6.11. The smallest absolute Gasteiger partial charge is 0.251 e. The number of amides is 2. The minimum Gasteiger partial charge on any atom is -0.383 e. The van der Waals surface area contributed by atoms with Crippen molar-refractivity contribution >= 4 is 29.1 Å². The molecule has 25 heavy (non-hydrogen) atoms. The summed E-state index contributed by atoms with van der Waals surface area (Å²) in [6.45, 7) is 1.50. The Morgan fingerprint density at radius 2 is 2.20 bits per heavy atom. The number of nitrogens with zero attached hydrogens (tertiary/aromatic N) is 2. The number of aryl methyl sites for hydroxylation is 1. The van der Waals surface area contributed by atoms with Gasteiger partial charge < -0.3 is 15.4 Å². The molecule has 0 saturated heterocycles. The third kappa shape index (κ3) is 6.21. The molecule has 0 saturated carbocycles. The number of aromatic nitrogens is 2. The van der Waals surface area contributed by atoms with Crippen LogP contribution in [-0.4, -0.2) is 41.9 Å². The molecule has 2 aromatic rings. The van der Waals surface area contributed by atoms with Crippen molar-refractivity contribution in [2.75, 3.05) is 25.6 Å². The maximum atomic E-state index is 12.1. The standard InChI is InChI=1S/C17H21ClN4O3/c1-25-11-8-19-17(24)13-5-6-14(18)15(12-13)21-16(23)4-2-9-22-10-3-7-20-22/h3,5-7,10,12H,2,4,8-9,11H2,1H3,(H,19,24)(H,21,23). The molecule has 0 spiro atoms. The van der Waals surface area contributed by atoms with Crippen LogP contribution < -0.4 is 10.6 Å². The Bertz CT molecular complexity index is 704. The molecule has 2 N–H and O–H groups in total. The van der Waals surface area contributed by atoms with E-state index in [2.05, 4.69) is 15.7 Å². The summed E-state index contributed by atoms with van der Waals surface area (Å²) in [6.07, 6.45) is 4.53. The van der Waals surface area contributed by atoms with Crippen molar-refractivity contribution in [2.24, 2.45) is 0 Å². The summed E-state index contributed by atoms with van der Waals surface area (Å²) in [5.74, 6) is -0.408. The van der Waals surface area contributed by atoms with Crippen LogP contribution in [0.5, 0.6) is 0 Å². The molecular formula is C17H21ClN4O3. The molecule has 0 radical (unpaired) electrons. The number of halogens is 1. The summed E-state index contributed by atoms with van der Waals surface area (Å²) in [4.78, 5) is 24.1. The minimum atomic E-state index is -0.247. The first-order chi connectivity index (χ1) is 12.1. The van der Waals surface area contributed by atoms with Gasteiger partial charge in [-0.3, -0.25) is 14.3 Å². The fraction of sp³-hybridized carbons (Fsp3) is 0.353. The number of anilines is 1. The van der Waals surface area contributed by atoms with Gasteiger partial charge in [-0.15, -0.1) is 0 Å².